The van der Waals surface area contributed by atoms with E-state index in [0.29, 0.717) is 13.1 Å². The Bertz CT molecular complexity index is 1340. The van der Waals surface area contributed by atoms with Crippen molar-refractivity contribution < 1.29 is 9.59 Å². The minimum atomic E-state index is -0.348. The largest absolute Gasteiger partial charge is 0.338 e. The van der Waals surface area contributed by atoms with Gasteiger partial charge in [0.25, 0.3) is 0 Å². The summed E-state index contributed by atoms with van der Waals surface area (Å²) in [5.74, 6) is 0.412. The van der Waals surface area contributed by atoms with Gasteiger partial charge >= 0.3 is 0 Å². The first kappa shape index (κ1) is 21.1. The standard InChI is InChI=1S/C27H26N4O2S/c32-23-14-18(16-31(23)15-17-8-2-1-3-9-17)26(33)30-27-24(19-10-4-7-13-22(19)34-27)25-28-20-11-5-6-12-21(20)29-25/h1-3,5-6,8-9,11-12,18H,4,7,10,13-16H2,(H,28,29)(H,30,33)/t18-/m1/s1. The van der Waals surface area contributed by atoms with Crippen LogP contribution in [0.4, 0.5) is 5.00 Å². The summed E-state index contributed by atoms with van der Waals surface area (Å²) in [4.78, 5) is 37.4. The fourth-order valence-corrected chi connectivity index (χ4v) is 6.39. The summed E-state index contributed by atoms with van der Waals surface area (Å²) < 4.78 is 0. The zero-order chi connectivity index (χ0) is 23.1. The molecule has 34 heavy (non-hydrogen) atoms. The van der Waals surface area contributed by atoms with Crippen LogP contribution in [0.5, 0.6) is 0 Å². The maximum atomic E-state index is 13.3. The van der Waals surface area contributed by atoms with Crippen molar-refractivity contribution in [2.24, 2.45) is 5.92 Å². The van der Waals surface area contributed by atoms with E-state index in [4.69, 9.17) is 4.98 Å². The fourth-order valence-electron chi connectivity index (χ4n) is 5.09. The molecule has 2 amide bonds. The van der Waals surface area contributed by atoms with E-state index in [2.05, 4.69) is 10.3 Å². The number of anilines is 1. The van der Waals surface area contributed by atoms with Crippen molar-refractivity contribution in [3.8, 4) is 11.4 Å². The van der Waals surface area contributed by atoms with E-state index in [0.717, 1.165) is 52.2 Å². The summed E-state index contributed by atoms with van der Waals surface area (Å²) in [5, 5.41) is 4.05. The zero-order valence-corrected chi connectivity index (χ0v) is 19.7. The third-order valence-corrected chi connectivity index (χ3v) is 8.04. The second-order valence-corrected chi connectivity index (χ2v) is 10.3. The van der Waals surface area contributed by atoms with Crippen LogP contribution in [0.1, 0.15) is 35.3 Å². The summed E-state index contributed by atoms with van der Waals surface area (Å²) in [6, 6.07) is 17.9. The Morgan fingerprint density at radius 1 is 1.09 bits per heavy atom. The number of benzene rings is 2. The molecule has 0 unspecified atom stereocenters. The molecule has 0 saturated carbocycles. The maximum Gasteiger partial charge on any atom is 0.230 e. The molecule has 2 N–H and O–H groups in total. The number of rotatable bonds is 5. The smallest absolute Gasteiger partial charge is 0.230 e. The molecule has 6 rings (SSSR count). The molecule has 172 valence electrons. The van der Waals surface area contributed by atoms with Crippen molar-refractivity contribution in [2.75, 3.05) is 11.9 Å². The van der Waals surface area contributed by atoms with E-state index in [1.165, 1.54) is 16.9 Å². The summed E-state index contributed by atoms with van der Waals surface area (Å²) in [5.41, 5.74) is 5.32. The summed E-state index contributed by atoms with van der Waals surface area (Å²) in [6.45, 7) is 0.992. The highest BCUT2D eigenvalue weighted by Gasteiger charge is 2.35. The molecule has 1 fully saturated rings. The second-order valence-electron chi connectivity index (χ2n) is 9.17. The molecule has 1 saturated heterocycles. The van der Waals surface area contributed by atoms with Crippen molar-refractivity contribution in [1.29, 1.82) is 0 Å². The first-order chi connectivity index (χ1) is 16.7. The Hall–Kier alpha value is -3.45. The van der Waals surface area contributed by atoms with Gasteiger partial charge in [-0.1, -0.05) is 42.5 Å². The van der Waals surface area contributed by atoms with Gasteiger partial charge in [-0.25, -0.2) is 4.98 Å². The van der Waals surface area contributed by atoms with Crippen molar-refractivity contribution in [3.63, 3.8) is 0 Å². The molecule has 0 spiro atoms. The number of aryl methyl sites for hydroxylation is 1. The van der Waals surface area contributed by atoms with Gasteiger partial charge in [0, 0.05) is 24.4 Å². The van der Waals surface area contributed by atoms with Crippen molar-refractivity contribution >= 4 is 39.2 Å². The minimum absolute atomic E-state index is 0.0342. The number of imidazole rings is 1. The van der Waals surface area contributed by atoms with Crippen LogP contribution >= 0.6 is 11.3 Å². The Balaban J connectivity index is 1.26. The molecule has 1 aliphatic carbocycles. The van der Waals surface area contributed by atoms with Crippen LogP contribution in [-0.2, 0) is 29.0 Å². The normalized spacial score (nSPS) is 17.8. The summed E-state index contributed by atoms with van der Waals surface area (Å²) in [6.07, 6.45) is 4.61. The van der Waals surface area contributed by atoms with E-state index >= 15 is 0 Å². The van der Waals surface area contributed by atoms with Crippen LogP contribution in [0.3, 0.4) is 0 Å². The molecular formula is C27H26N4O2S. The molecule has 2 aromatic carbocycles. The number of thiophene rings is 1. The van der Waals surface area contributed by atoms with Crippen LogP contribution < -0.4 is 5.32 Å². The van der Waals surface area contributed by atoms with Gasteiger partial charge in [-0.2, -0.15) is 0 Å². The van der Waals surface area contributed by atoms with Gasteiger partial charge in [0.05, 0.1) is 22.5 Å². The van der Waals surface area contributed by atoms with Gasteiger partial charge in [-0.05, 0) is 48.9 Å². The number of nitrogens with zero attached hydrogens (tertiary/aromatic N) is 2. The highest BCUT2D eigenvalue weighted by atomic mass is 32.1. The van der Waals surface area contributed by atoms with Gasteiger partial charge in [-0.3, -0.25) is 9.59 Å². The first-order valence-electron chi connectivity index (χ1n) is 11.9. The minimum Gasteiger partial charge on any atom is -0.338 e. The zero-order valence-electron chi connectivity index (χ0n) is 18.8. The average Bonchev–Trinajstić information content (AvgIpc) is 3.54. The van der Waals surface area contributed by atoms with Gasteiger partial charge < -0.3 is 15.2 Å². The first-order valence-corrected chi connectivity index (χ1v) is 12.7. The van der Waals surface area contributed by atoms with Gasteiger partial charge in [0.2, 0.25) is 11.8 Å². The third-order valence-electron chi connectivity index (χ3n) is 6.84. The lowest BCUT2D eigenvalue weighted by Gasteiger charge is -2.16. The number of aromatic amines is 1. The SMILES string of the molecule is O=C(Nc1sc2c(c1-c1nc3ccccc3[nH]1)CCCC2)[C@@H]1CC(=O)N(Cc2ccccc2)C1. The number of likely N-dealkylation sites (tertiary alicyclic amines) is 1. The molecule has 1 aliphatic heterocycles. The number of aromatic nitrogens is 2. The lowest BCUT2D eigenvalue weighted by molar-refractivity contribution is -0.128. The number of para-hydroxylation sites is 2. The summed E-state index contributed by atoms with van der Waals surface area (Å²) >= 11 is 1.67. The van der Waals surface area contributed by atoms with Crippen molar-refractivity contribution in [1.82, 2.24) is 14.9 Å². The Morgan fingerprint density at radius 2 is 1.88 bits per heavy atom. The molecule has 7 heteroatoms. The molecule has 2 aliphatic rings. The Kier molecular flexibility index (Phi) is 5.41. The lowest BCUT2D eigenvalue weighted by Crippen LogP contribution is -2.28. The van der Waals surface area contributed by atoms with Gasteiger partial charge in [0.1, 0.15) is 10.8 Å². The fraction of sp³-hybridized carbons (Fsp3) is 0.296. The van der Waals surface area contributed by atoms with Crippen molar-refractivity contribution in [3.05, 3.63) is 70.6 Å². The topological polar surface area (TPSA) is 78.1 Å². The molecular weight excluding hydrogens is 444 g/mol. The number of H-pyrrole nitrogens is 1. The van der Waals surface area contributed by atoms with Crippen LogP contribution in [0.25, 0.3) is 22.4 Å². The number of amides is 2. The van der Waals surface area contributed by atoms with E-state index in [-0.39, 0.29) is 24.2 Å². The van der Waals surface area contributed by atoms with Crippen LogP contribution in [0, 0.1) is 5.92 Å². The number of carbonyl (C=O) groups excluding carboxylic acids is 2. The highest BCUT2D eigenvalue weighted by Crippen LogP contribution is 2.44. The van der Waals surface area contributed by atoms with Crippen molar-refractivity contribution in [2.45, 2.75) is 38.6 Å². The van der Waals surface area contributed by atoms with Crippen LogP contribution in [0.15, 0.2) is 54.6 Å². The van der Waals surface area contributed by atoms with E-state index in [1.807, 2.05) is 54.6 Å². The number of hydrogen-bond acceptors (Lipinski definition) is 4. The Morgan fingerprint density at radius 3 is 2.74 bits per heavy atom. The second kappa shape index (κ2) is 8.72. The number of fused-ring (bicyclic) bond motifs is 2. The number of carbonyl (C=O) groups is 2. The molecule has 0 radical (unpaired) electrons. The molecule has 3 heterocycles. The van der Waals surface area contributed by atoms with E-state index in [1.54, 1.807) is 16.2 Å². The predicted molar refractivity (Wildman–Crippen MR) is 135 cm³/mol. The predicted octanol–water partition coefficient (Wildman–Crippen LogP) is 5.16. The number of hydrogen-bond donors (Lipinski definition) is 2. The summed E-state index contributed by atoms with van der Waals surface area (Å²) in [7, 11) is 0. The van der Waals surface area contributed by atoms with E-state index < -0.39 is 0 Å². The molecule has 6 nitrogen and oxygen atoms in total. The number of nitrogens with one attached hydrogen (secondary N) is 2. The Labute approximate surface area is 202 Å². The monoisotopic (exact) mass is 470 g/mol. The molecule has 1 atom stereocenters. The molecule has 2 aromatic heterocycles. The maximum absolute atomic E-state index is 13.3. The van der Waals surface area contributed by atoms with E-state index in [9.17, 15) is 9.59 Å². The highest BCUT2D eigenvalue weighted by molar-refractivity contribution is 7.17. The average molecular weight is 471 g/mol. The van der Waals surface area contributed by atoms with Crippen LogP contribution in [-0.4, -0.2) is 33.2 Å². The van der Waals surface area contributed by atoms with Gasteiger partial charge in [0.15, 0.2) is 0 Å². The quantitative estimate of drug-likeness (QED) is 0.423. The van der Waals surface area contributed by atoms with Crippen LogP contribution in [0.2, 0.25) is 0 Å². The molecule has 4 aromatic rings. The molecule has 0 bridgehead atoms. The van der Waals surface area contributed by atoms with Gasteiger partial charge in [-0.15, -0.1) is 11.3 Å². The third kappa shape index (κ3) is 3.90. The lowest BCUT2D eigenvalue weighted by atomic mass is 9.95.